The first-order valence-corrected chi connectivity index (χ1v) is 18.8. The lowest BCUT2D eigenvalue weighted by molar-refractivity contribution is 0.669. The number of aromatic nitrogens is 1. The monoisotopic (exact) mass is 702 g/mol. The van der Waals surface area contributed by atoms with Crippen molar-refractivity contribution >= 4 is 71.6 Å². The molecule has 3 nitrogen and oxygen atoms in total. The Balaban J connectivity index is 1.05. The molecular weight excluding hydrogens is 669 g/mol. The highest BCUT2D eigenvalue weighted by atomic mass is 16.3. The fourth-order valence-corrected chi connectivity index (χ4v) is 8.40. The first-order chi connectivity index (χ1) is 27.3. The van der Waals surface area contributed by atoms with Crippen molar-refractivity contribution in [3.05, 3.63) is 206 Å². The van der Waals surface area contributed by atoms with E-state index in [-0.39, 0.29) is 0 Å². The van der Waals surface area contributed by atoms with E-state index in [9.17, 15) is 0 Å². The van der Waals surface area contributed by atoms with Gasteiger partial charge in [-0.1, -0.05) is 146 Å². The van der Waals surface area contributed by atoms with Crippen LogP contribution in [0, 0.1) is 0 Å². The molecule has 0 saturated carbocycles. The summed E-state index contributed by atoms with van der Waals surface area (Å²) in [6.45, 7) is 0. The molecule has 11 aromatic rings. The maximum atomic E-state index is 6.79. The fourth-order valence-electron chi connectivity index (χ4n) is 8.40. The summed E-state index contributed by atoms with van der Waals surface area (Å²) >= 11 is 0. The van der Waals surface area contributed by atoms with Crippen LogP contribution in [0.2, 0.25) is 0 Å². The number of anilines is 3. The summed E-state index contributed by atoms with van der Waals surface area (Å²) in [5.41, 5.74) is 13.1. The molecule has 0 radical (unpaired) electrons. The second-order valence-corrected chi connectivity index (χ2v) is 14.1. The normalized spacial score (nSPS) is 11.6. The van der Waals surface area contributed by atoms with Gasteiger partial charge < -0.3 is 13.9 Å². The van der Waals surface area contributed by atoms with E-state index in [1.807, 2.05) is 0 Å². The van der Waals surface area contributed by atoms with Crippen LogP contribution in [-0.2, 0) is 0 Å². The number of rotatable bonds is 6. The minimum atomic E-state index is 0.862. The Morgan fingerprint density at radius 2 is 0.873 bits per heavy atom. The second kappa shape index (κ2) is 12.6. The van der Waals surface area contributed by atoms with Gasteiger partial charge in [-0.3, -0.25) is 0 Å². The lowest BCUT2D eigenvalue weighted by Crippen LogP contribution is -2.10. The molecule has 0 N–H and O–H groups in total. The SMILES string of the molecule is c1ccc(-c2ccc(-c3ccc(N(c4ccc(-n5c6ccccc6c6ccccc65)cc4)c4cccc5c4oc4ccc6ccccc6c45)cc3)cc2)cc1. The molecule has 3 heteroatoms. The highest BCUT2D eigenvalue weighted by Gasteiger charge is 2.21. The lowest BCUT2D eigenvalue weighted by atomic mass is 10.00. The van der Waals surface area contributed by atoms with E-state index in [2.05, 4.69) is 216 Å². The summed E-state index contributed by atoms with van der Waals surface area (Å²) in [6, 6.07) is 73.8. The number of furan rings is 1. The van der Waals surface area contributed by atoms with Crippen LogP contribution in [0.4, 0.5) is 17.1 Å². The standard InChI is InChI=1S/C52H34N2O/c1-2-11-35(12-3-1)36-21-23-37(24-22-36)38-25-28-40(29-26-38)53(49-20-10-17-46-51-43-14-5-4-13-39(43)27-34-50(51)55-52(46)49)41-30-32-42(33-31-41)54-47-18-8-6-15-44(47)45-16-7-9-19-48(45)54/h1-34H. The van der Waals surface area contributed by atoms with Crippen molar-refractivity contribution in [1.82, 2.24) is 4.57 Å². The molecule has 0 saturated heterocycles. The van der Waals surface area contributed by atoms with Crippen LogP contribution < -0.4 is 4.90 Å². The van der Waals surface area contributed by atoms with Gasteiger partial charge in [0.05, 0.1) is 16.7 Å². The summed E-state index contributed by atoms with van der Waals surface area (Å²) < 4.78 is 9.15. The van der Waals surface area contributed by atoms with E-state index >= 15 is 0 Å². The topological polar surface area (TPSA) is 21.3 Å². The predicted octanol–water partition coefficient (Wildman–Crippen LogP) is 14.6. The zero-order chi connectivity index (χ0) is 36.3. The molecule has 55 heavy (non-hydrogen) atoms. The fraction of sp³-hybridized carbons (Fsp3) is 0. The molecule has 2 heterocycles. The molecule has 9 aromatic carbocycles. The van der Waals surface area contributed by atoms with Gasteiger partial charge in [-0.15, -0.1) is 0 Å². The Kier molecular flexibility index (Phi) is 7.17. The van der Waals surface area contributed by atoms with Gasteiger partial charge in [0.1, 0.15) is 5.58 Å². The Hall–Kier alpha value is -7.36. The Bertz CT molecular complexity index is 3120. The maximum absolute atomic E-state index is 6.79. The highest BCUT2D eigenvalue weighted by molar-refractivity contribution is 6.21. The van der Waals surface area contributed by atoms with Gasteiger partial charge in [0.15, 0.2) is 5.58 Å². The number of fused-ring (bicyclic) bond motifs is 8. The van der Waals surface area contributed by atoms with Crippen molar-refractivity contribution in [3.8, 4) is 27.9 Å². The number of para-hydroxylation sites is 3. The van der Waals surface area contributed by atoms with E-state index in [4.69, 9.17) is 4.42 Å². The van der Waals surface area contributed by atoms with Gasteiger partial charge in [-0.2, -0.15) is 0 Å². The zero-order valence-electron chi connectivity index (χ0n) is 29.9. The summed E-state index contributed by atoms with van der Waals surface area (Å²) in [6.07, 6.45) is 0. The molecule has 0 fully saturated rings. The Labute approximate surface area is 318 Å². The van der Waals surface area contributed by atoms with Crippen LogP contribution in [0.1, 0.15) is 0 Å². The molecule has 0 aliphatic carbocycles. The van der Waals surface area contributed by atoms with Crippen molar-refractivity contribution in [2.45, 2.75) is 0 Å². The lowest BCUT2D eigenvalue weighted by Gasteiger charge is -2.26. The number of hydrogen-bond donors (Lipinski definition) is 0. The molecule has 0 aliphatic heterocycles. The third-order valence-corrected chi connectivity index (χ3v) is 11.0. The maximum Gasteiger partial charge on any atom is 0.159 e. The van der Waals surface area contributed by atoms with Crippen molar-refractivity contribution in [2.75, 3.05) is 4.90 Å². The number of hydrogen-bond acceptors (Lipinski definition) is 2. The van der Waals surface area contributed by atoms with E-state index in [1.165, 1.54) is 54.8 Å². The average Bonchev–Trinajstić information content (AvgIpc) is 3.82. The molecule has 11 rings (SSSR count). The first-order valence-electron chi connectivity index (χ1n) is 18.8. The third kappa shape index (κ3) is 5.13. The molecule has 0 aliphatic rings. The van der Waals surface area contributed by atoms with Crippen LogP contribution in [0.15, 0.2) is 211 Å². The smallest absolute Gasteiger partial charge is 0.159 e. The second-order valence-electron chi connectivity index (χ2n) is 14.1. The summed E-state index contributed by atoms with van der Waals surface area (Å²) in [4.78, 5) is 2.32. The first kappa shape index (κ1) is 31.2. The number of benzene rings is 9. The average molecular weight is 703 g/mol. The van der Waals surface area contributed by atoms with Crippen molar-refractivity contribution in [1.29, 1.82) is 0 Å². The Morgan fingerprint density at radius 3 is 1.53 bits per heavy atom. The van der Waals surface area contributed by atoms with Crippen LogP contribution in [0.5, 0.6) is 0 Å². The van der Waals surface area contributed by atoms with E-state index in [0.717, 1.165) is 44.7 Å². The quantitative estimate of drug-likeness (QED) is 0.172. The summed E-state index contributed by atoms with van der Waals surface area (Å²) in [5, 5.41) is 7.15. The van der Waals surface area contributed by atoms with Crippen molar-refractivity contribution < 1.29 is 4.42 Å². The predicted molar refractivity (Wildman–Crippen MR) is 231 cm³/mol. The minimum Gasteiger partial charge on any atom is -0.454 e. The van der Waals surface area contributed by atoms with Gasteiger partial charge in [0, 0.05) is 38.6 Å². The molecule has 0 spiro atoms. The van der Waals surface area contributed by atoms with Gasteiger partial charge in [0.25, 0.3) is 0 Å². The highest BCUT2D eigenvalue weighted by Crippen LogP contribution is 2.44. The van der Waals surface area contributed by atoms with Gasteiger partial charge in [0.2, 0.25) is 0 Å². The van der Waals surface area contributed by atoms with Crippen LogP contribution >= 0.6 is 0 Å². The minimum absolute atomic E-state index is 0.862. The van der Waals surface area contributed by atoms with E-state index < -0.39 is 0 Å². The van der Waals surface area contributed by atoms with Crippen LogP contribution in [0.3, 0.4) is 0 Å². The van der Waals surface area contributed by atoms with Gasteiger partial charge in [-0.05, 0) is 93.7 Å². The molecule has 0 unspecified atom stereocenters. The van der Waals surface area contributed by atoms with Gasteiger partial charge in [-0.25, -0.2) is 0 Å². The van der Waals surface area contributed by atoms with Crippen LogP contribution in [-0.4, -0.2) is 4.57 Å². The molecular formula is C52H34N2O. The van der Waals surface area contributed by atoms with Crippen LogP contribution in [0.25, 0.3) is 82.5 Å². The zero-order valence-corrected chi connectivity index (χ0v) is 29.9. The van der Waals surface area contributed by atoms with E-state index in [0.29, 0.717) is 0 Å². The van der Waals surface area contributed by atoms with Crippen molar-refractivity contribution in [2.24, 2.45) is 0 Å². The molecule has 0 amide bonds. The molecule has 258 valence electrons. The van der Waals surface area contributed by atoms with Crippen molar-refractivity contribution in [3.63, 3.8) is 0 Å². The Morgan fingerprint density at radius 1 is 0.364 bits per heavy atom. The number of nitrogens with zero attached hydrogens (tertiary/aromatic N) is 2. The third-order valence-electron chi connectivity index (χ3n) is 11.0. The molecule has 0 bridgehead atoms. The molecule has 0 atom stereocenters. The summed E-state index contributed by atoms with van der Waals surface area (Å²) in [5.74, 6) is 0. The summed E-state index contributed by atoms with van der Waals surface area (Å²) in [7, 11) is 0. The molecule has 2 aromatic heterocycles. The largest absolute Gasteiger partial charge is 0.454 e. The van der Waals surface area contributed by atoms with Gasteiger partial charge >= 0.3 is 0 Å². The van der Waals surface area contributed by atoms with E-state index in [1.54, 1.807) is 0 Å².